The Morgan fingerprint density at radius 2 is 2.00 bits per heavy atom. The normalized spacial score (nSPS) is 27.1. The Bertz CT molecular complexity index is 232. The number of nitrogens with zero attached hydrogens (tertiary/aromatic N) is 1. The molecule has 3 nitrogen and oxygen atoms in total. The first-order chi connectivity index (χ1) is 6.79. The highest BCUT2D eigenvalue weighted by Gasteiger charge is 2.29. The van der Waals surface area contributed by atoms with E-state index in [1.165, 1.54) is 0 Å². The van der Waals surface area contributed by atoms with E-state index in [9.17, 15) is 4.79 Å². The van der Waals surface area contributed by atoms with E-state index in [0.717, 1.165) is 13.0 Å². The van der Waals surface area contributed by atoms with Crippen LogP contribution in [0.2, 0.25) is 0 Å². The van der Waals surface area contributed by atoms with Gasteiger partial charge in [-0.2, -0.15) is 0 Å². The first-order valence-corrected chi connectivity index (χ1v) is 5.84. The smallest absolute Gasteiger partial charge is 0.236 e. The van der Waals surface area contributed by atoms with Gasteiger partial charge in [0.25, 0.3) is 0 Å². The average Bonchev–Trinajstić information content (AvgIpc) is 2.40. The lowest BCUT2D eigenvalue weighted by Crippen LogP contribution is -2.45. The molecule has 1 aliphatic heterocycles. The second-order valence-corrected chi connectivity index (χ2v) is 5.84. The van der Waals surface area contributed by atoms with Crippen molar-refractivity contribution in [1.82, 2.24) is 10.2 Å². The van der Waals surface area contributed by atoms with Gasteiger partial charge >= 0.3 is 0 Å². The Morgan fingerprint density at radius 3 is 2.40 bits per heavy atom. The summed E-state index contributed by atoms with van der Waals surface area (Å²) < 4.78 is 0. The highest BCUT2D eigenvalue weighted by molar-refractivity contribution is 5.79. The molecule has 2 unspecified atom stereocenters. The van der Waals surface area contributed by atoms with Crippen molar-refractivity contribution in [3.05, 3.63) is 0 Å². The predicted molar refractivity (Wildman–Crippen MR) is 62.7 cm³/mol. The Labute approximate surface area is 93.2 Å². The van der Waals surface area contributed by atoms with Crippen molar-refractivity contribution in [2.75, 3.05) is 13.1 Å². The van der Waals surface area contributed by atoms with E-state index in [4.69, 9.17) is 0 Å². The van der Waals surface area contributed by atoms with Gasteiger partial charge in [-0.15, -0.1) is 0 Å². The van der Waals surface area contributed by atoms with Gasteiger partial charge in [-0.25, -0.2) is 0 Å². The number of carbonyl (C=O) groups excluding carboxylic acids is 1. The molecule has 1 rings (SSSR count). The molecule has 1 fully saturated rings. The van der Waals surface area contributed by atoms with Crippen LogP contribution in [0.15, 0.2) is 0 Å². The van der Waals surface area contributed by atoms with Gasteiger partial charge in [0, 0.05) is 18.1 Å². The SMILES string of the molecule is CC1CC(C)N(C(=O)CNC(C)(C)C)C1. The topological polar surface area (TPSA) is 32.3 Å². The van der Waals surface area contributed by atoms with Crippen LogP contribution >= 0.6 is 0 Å². The van der Waals surface area contributed by atoms with Crippen LogP contribution in [0.5, 0.6) is 0 Å². The summed E-state index contributed by atoms with van der Waals surface area (Å²) in [4.78, 5) is 13.9. The molecule has 0 bridgehead atoms. The number of amides is 1. The highest BCUT2D eigenvalue weighted by Crippen LogP contribution is 2.22. The van der Waals surface area contributed by atoms with Crippen LogP contribution < -0.4 is 5.32 Å². The summed E-state index contributed by atoms with van der Waals surface area (Å²) in [5, 5.41) is 3.24. The Balaban J connectivity index is 2.41. The van der Waals surface area contributed by atoms with Crippen LogP contribution in [0, 0.1) is 5.92 Å². The minimum atomic E-state index is 0.0181. The van der Waals surface area contributed by atoms with E-state index < -0.39 is 0 Å². The van der Waals surface area contributed by atoms with Crippen LogP contribution in [0.3, 0.4) is 0 Å². The van der Waals surface area contributed by atoms with Gasteiger partial charge in [0.1, 0.15) is 0 Å². The van der Waals surface area contributed by atoms with Crippen LogP contribution in [-0.4, -0.2) is 35.5 Å². The first kappa shape index (κ1) is 12.5. The molecule has 1 N–H and O–H groups in total. The molecule has 0 aromatic rings. The zero-order valence-electron chi connectivity index (χ0n) is 10.6. The number of hydrogen-bond acceptors (Lipinski definition) is 2. The quantitative estimate of drug-likeness (QED) is 0.754. The minimum absolute atomic E-state index is 0.0181. The Morgan fingerprint density at radius 1 is 1.40 bits per heavy atom. The Hall–Kier alpha value is -0.570. The van der Waals surface area contributed by atoms with Crippen molar-refractivity contribution in [3.8, 4) is 0 Å². The molecule has 88 valence electrons. The molecule has 0 aliphatic carbocycles. The summed E-state index contributed by atoms with van der Waals surface area (Å²) in [5.74, 6) is 0.889. The van der Waals surface area contributed by atoms with E-state index in [1.54, 1.807) is 0 Å². The fourth-order valence-corrected chi connectivity index (χ4v) is 2.09. The fourth-order valence-electron chi connectivity index (χ4n) is 2.09. The molecule has 0 radical (unpaired) electrons. The van der Waals surface area contributed by atoms with Gasteiger partial charge in [-0.1, -0.05) is 6.92 Å². The number of nitrogens with one attached hydrogen (secondary N) is 1. The summed E-state index contributed by atoms with van der Waals surface area (Å²) in [7, 11) is 0. The van der Waals surface area contributed by atoms with E-state index in [-0.39, 0.29) is 11.4 Å². The van der Waals surface area contributed by atoms with Crippen LogP contribution in [-0.2, 0) is 4.79 Å². The van der Waals surface area contributed by atoms with E-state index in [0.29, 0.717) is 18.5 Å². The lowest BCUT2D eigenvalue weighted by molar-refractivity contribution is -0.131. The number of likely N-dealkylation sites (tertiary alicyclic amines) is 1. The predicted octanol–water partition coefficient (Wildman–Crippen LogP) is 1.63. The summed E-state index contributed by atoms with van der Waals surface area (Å²) >= 11 is 0. The van der Waals surface area contributed by atoms with Gasteiger partial charge in [0.15, 0.2) is 0 Å². The van der Waals surface area contributed by atoms with Gasteiger partial charge in [-0.3, -0.25) is 4.79 Å². The fraction of sp³-hybridized carbons (Fsp3) is 0.917. The van der Waals surface area contributed by atoms with Crippen molar-refractivity contribution in [2.24, 2.45) is 5.92 Å². The summed E-state index contributed by atoms with van der Waals surface area (Å²) in [6.45, 7) is 12.0. The Kier molecular flexibility index (Phi) is 3.77. The average molecular weight is 212 g/mol. The van der Waals surface area contributed by atoms with Crippen molar-refractivity contribution >= 4 is 5.91 Å². The molecule has 2 atom stereocenters. The van der Waals surface area contributed by atoms with Crippen LogP contribution in [0.25, 0.3) is 0 Å². The molecule has 15 heavy (non-hydrogen) atoms. The molecule has 1 heterocycles. The molecule has 1 aliphatic rings. The van der Waals surface area contributed by atoms with Crippen LogP contribution in [0.1, 0.15) is 41.0 Å². The van der Waals surface area contributed by atoms with Crippen molar-refractivity contribution in [1.29, 1.82) is 0 Å². The third-order valence-electron chi connectivity index (χ3n) is 2.87. The number of hydrogen-bond donors (Lipinski definition) is 1. The van der Waals surface area contributed by atoms with Crippen LogP contribution in [0.4, 0.5) is 0 Å². The molecule has 3 heteroatoms. The molecule has 0 saturated carbocycles. The molecule has 0 spiro atoms. The molecule has 1 saturated heterocycles. The second kappa shape index (κ2) is 4.52. The highest BCUT2D eigenvalue weighted by atomic mass is 16.2. The third-order valence-corrected chi connectivity index (χ3v) is 2.87. The molecular formula is C12H24N2O. The zero-order valence-corrected chi connectivity index (χ0v) is 10.6. The minimum Gasteiger partial charge on any atom is -0.339 e. The standard InChI is InChI=1S/C12H24N2O/c1-9-6-10(2)14(8-9)11(15)7-13-12(3,4)5/h9-10,13H,6-8H2,1-5H3. The largest absolute Gasteiger partial charge is 0.339 e. The lowest BCUT2D eigenvalue weighted by atomic mass is 10.1. The van der Waals surface area contributed by atoms with E-state index in [1.807, 2.05) is 4.90 Å². The monoisotopic (exact) mass is 212 g/mol. The van der Waals surface area contributed by atoms with E-state index >= 15 is 0 Å². The second-order valence-electron chi connectivity index (χ2n) is 5.84. The van der Waals surface area contributed by atoms with Gasteiger partial charge in [-0.05, 0) is 40.0 Å². The van der Waals surface area contributed by atoms with E-state index in [2.05, 4.69) is 39.9 Å². The third kappa shape index (κ3) is 3.82. The lowest BCUT2D eigenvalue weighted by Gasteiger charge is -2.25. The maximum atomic E-state index is 11.9. The van der Waals surface area contributed by atoms with Crippen molar-refractivity contribution < 1.29 is 4.79 Å². The maximum Gasteiger partial charge on any atom is 0.236 e. The molecule has 0 aromatic heterocycles. The molecule has 0 aromatic carbocycles. The van der Waals surface area contributed by atoms with Gasteiger partial charge in [0.05, 0.1) is 6.54 Å². The maximum absolute atomic E-state index is 11.9. The first-order valence-electron chi connectivity index (χ1n) is 5.84. The zero-order chi connectivity index (χ0) is 11.6. The van der Waals surface area contributed by atoms with Gasteiger partial charge in [0.2, 0.25) is 5.91 Å². The number of carbonyl (C=O) groups is 1. The molecule has 1 amide bonds. The van der Waals surface area contributed by atoms with Crippen molar-refractivity contribution in [2.45, 2.75) is 52.6 Å². The summed E-state index contributed by atoms with van der Waals surface area (Å²) in [5.41, 5.74) is 0.0181. The summed E-state index contributed by atoms with van der Waals surface area (Å²) in [6.07, 6.45) is 1.14. The summed E-state index contributed by atoms with van der Waals surface area (Å²) in [6, 6.07) is 0.411. The molecular weight excluding hydrogens is 188 g/mol. The number of rotatable bonds is 2. The van der Waals surface area contributed by atoms with Gasteiger partial charge < -0.3 is 10.2 Å². The van der Waals surface area contributed by atoms with Crippen molar-refractivity contribution in [3.63, 3.8) is 0 Å².